The number of hydrogen-bond acceptors (Lipinski definition) is 3. The van der Waals surface area contributed by atoms with E-state index in [1.165, 1.54) is 24.3 Å². The second-order valence-corrected chi connectivity index (χ2v) is 6.98. The first-order valence-corrected chi connectivity index (χ1v) is 9.53. The number of carbonyl (C=O) groups excluding carboxylic acids is 3. The van der Waals surface area contributed by atoms with Crippen LogP contribution >= 0.6 is 0 Å². The summed E-state index contributed by atoms with van der Waals surface area (Å²) in [6, 6.07) is 11.7. The molecule has 0 spiro atoms. The van der Waals surface area contributed by atoms with E-state index in [-0.39, 0.29) is 23.9 Å². The second kappa shape index (κ2) is 10.4. The number of rotatable bonds is 8. The third kappa shape index (κ3) is 6.41. The maximum absolute atomic E-state index is 13.0. The zero-order valence-electron chi connectivity index (χ0n) is 16.8. The molecule has 1 unspecified atom stereocenters. The fourth-order valence-corrected chi connectivity index (χ4v) is 2.78. The van der Waals surface area contributed by atoms with E-state index in [1.807, 2.05) is 25.1 Å². The Balaban J connectivity index is 1.94. The summed E-state index contributed by atoms with van der Waals surface area (Å²) in [7, 11) is 0. The molecule has 2 aromatic carbocycles. The van der Waals surface area contributed by atoms with Crippen molar-refractivity contribution in [2.75, 3.05) is 11.9 Å². The van der Waals surface area contributed by atoms with Gasteiger partial charge in [0.1, 0.15) is 11.9 Å². The molecule has 0 aliphatic carbocycles. The van der Waals surface area contributed by atoms with E-state index in [9.17, 15) is 18.8 Å². The number of aryl methyl sites for hydroxylation is 1. The predicted octanol–water partition coefficient (Wildman–Crippen LogP) is 2.90. The van der Waals surface area contributed by atoms with Gasteiger partial charge in [0.25, 0.3) is 5.91 Å². The minimum Gasteiger partial charge on any atom is -0.345 e. The van der Waals surface area contributed by atoms with E-state index in [2.05, 4.69) is 16.0 Å². The van der Waals surface area contributed by atoms with Gasteiger partial charge in [-0.2, -0.15) is 0 Å². The van der Waals surface area contributed by atoms with Crippen molar-refractivity contribution >= 4 is 23.4 Å². The smallest absolute Gasteiger partial charge is 0.251 e. The Hall–Kier alpha value is -3.22. The molecule has 6 nitrogen and oxygen atoms in total. The van der Waals surface area contributed by atoms with Crippen LogP contribution < -0.4 is 16.0 Å². The maximum Gasteiger partial charge on any atom is 0.251 e. The highest BCUT2D eigenvalue weighted by atomic mass is 19.1. The molecule has 1 atom stereocenters. The number of nitrogens with one attached hydrogen (secondary N) is 3. The molecule has 2 aromatic rings. The lowest BCUT2D eigenvalue weighted by molar-refractivity contribution is -0.126. The van der Waals surface area contributed by atoms with Crippen LogP contribution in [0.15, 0.2) is 48.5 Å². The number of amides is 3. The Bertz CT molecular complexity index is 866. The molecule has 0 radical (unpaired) electrons. The van der Waals surface area contributed by atoms with Crippen LogP contribution in [-0.4, -0.2) is 30.3 Å². The average Bonchev–Trinajstić information content (AvgIpc) is 2.70. The van der Waals surface area contributed by atoms with Gasteiger partial charge in [0.2, 0.25) is 11.8 Å². The third-order valence-electron chi connectivity index (χ3n) is 4.44. The summed E-state index contributed by atoms with van der Waals surface area (Å²) >= 11 is 0. The summed E-state index contributed by atoms with van der Waals surface area (Å²) in [4.78, 5) is 37.1. The molecule has 0 fully saturated rings. The number of anilines is 1. The first-order valence-electron chi connectivity index (χ1n) is 9.53. The van der Waals surface area contributed by atoms with Crippen LogP contribution in [0, 0.1) is 11.7 Å². The van der Waals surface area contributed by atoms with Crippen LogP contribution in [0.1, 0.15) is 36.7 Å². The molecule has 0 saturated carbocycles. The number of halogens is 1. The van der Waals surface area contributed by atoms with Crippen molar-refractivity contribution in [1.29, 1.82) is 0 Å². The van der Waals surface area contributed by atoms with Crippen LogP contribution in [0.3, 0.4) is 0 Å². The molecule has 0 bridgehead atoms. The molecule has 0 aromatic heterocycles. The summed E-state index contributed by atoms with van der Waals surface area (Å²) in [5.41, 5.74) is 1.96. The fraction of sp³-hybridized carbons (Fsp3) is 0.318. The molecule has 7 heteroatoms. The van der Waals surface area contributed by atoms with Crippen molar-refractivity contribution in [3.63, 3.8) is 0 Å². The largest absolute Gasteiger partial charge is 0.345 e. The summed E-state index contributed by atoms with van der Waals surface area (Å²) in [6.07, 6.45) is 0.771. The highest BCUT2D eigenvalue weighted by Crippen LogP contribution is 2.15. The second-order valence-electron chi connectivity index (χ2n) is 6.98. The summed E-state index contributed by atoms with van der Waals surface area (Å²) < 4.78 is 13.0. The Kier molecular flexibility index (Phi) is 7.88. The molecule has 0 heterocycles. The number of benzene rings is 2. The van der Waals surface area contributed by atoms with E-state index >= 15 is 0 Å². The van der Waals surface area contributed by atoms with Crippen LogP contribution in [0.25, 0.3) is 0 Å². The van der Waals surface area contributed by atoms with E-state index in [4.69, 9.17) is 0 Å². The molecule has 3 N–H and O–H groups in total. The van der Waals surface area contributed by atoms with Gasteiger partial charge in [-0.05, 0) is 48.2 Å². The molecule has 2 rings (SSSR count). The molecule has 0 aliphatic heterocycles. The average molecular weight is 399 g/mol. The van der Waals surface area contributed by atoms with Crippen LogP contribution in [0.4, 0.5) is 10.1 Å². The molecular formula is C22H26FN3O3. The Morgan fingerprint density at radius 3 is 2.28 bits per heavy atom. The van der Waals surface area contributed by atoms with Crippen molar-refractivity contribution in [2.45, 2.75) is 33.2 Å². The SMILES string of the molecule is CCc1ccccc1NC(=O)CNC(=O)C(NC(=O)c1ccc(F)cc1)C(C)C. The Morgan fingerprint density at radius 1 is 1.00 bits per heavy atom. The van der Waals surface area contributed by atoms with Crippen LogP contribution in [-0.2, 0) is 16.0 Å². The van der Waals surface area contributed by atoms with Gasteiger partial charge in [0, 0.05) is 11.3 Å². The van der Waals surface area contributed by atoms with E-state index < -0.39 is 23.7 Å². The van der Waals surface area contributed by atoms with Gasteiger partial charge in [0.05, 0.1) is 6.54 Å². The highest BCUT2D eigenvalue weighted by molar-refractivity contribution is 5.99. The zero-order chi connectivity index (χ0) is 21.4. The van der Waals surface area contributed by atoms with Crippen molar-refractivity contribution in [3.8, 4) is 0 Å². The molecule has 29 heavy (non-hydrogen) atoms. The van der Waals surface area contributed by atoms with E-state index in [0.29, 0.717) is 5.69 Å². The van der Waals surface area contributed by atoms with Crippen LogP contribution in [0.5, 0.6) is 0 Å². The highest BCUT2D eigenvalue weighted by Gasteiger charge is 2.25. The van der Waals surface area contributed by atoms with E-state index in [0.717, 1.165) is 12.0 Å². The van der Waals surface area contributed by atoms with Gasteiger partial charge in [-0.1, -0.05) is 39.0 Å². The van der Waals surface area contributed by atoms with Gasteiger partial charge in [-0.15, -0.1) is 0 Å². The zero-order valence-corrected chi connectivity index (χ0v) is 16.8. The van der Waals surface area contributed by atoms with Gasteiger partial charge in [0.15, 0.2) is 0 Å². The minimum absolute atomic E-state index is 0.205. The van der Waals surface area contributed by atoms with Crippen molar-refractivity contribution in [1.82, 2.24) is 10.6 Å². The lowest BCUT2D eigenvalue weighted by Gasteiger charge is -2.21. The fourth-order valence-electron chi connectivity index (χ4n) is 2.78. The van der Waals surface area contributed by atoms with Gasteiger partial charge in [-0.25, -0.2) is 4.39 Å². The van der Waals surface area contributed by atoms with Crippen molar-refractivity contribution in [3.05, 3.63) is 65.5 Å². The third-order valence-corrected chi connectivity index (χ3v) is 4.44. The Morgan fingerprint density at radius 2 is 1.66 bits per heavy atom. The van der Waals surface area contributed by atoms with Crippen LogP contribution in [0.2, 0.25) is 0 Å². The minimum atomic E-state index is -0.830. The number of carbonyl (C=O) groups is 3. The standard InChI is InChI=1S/C22H26FN3O3/c1-4-15-7-5-6-8-18(15)25-19(27)13-24-22(29)20(14(2)3)26-21(28)16-9-11-17(23)12-10-16/h5-12,14,20H,4,13H2,1-3H3,(H,24,29)(H,25,27)(H,26,28). The molecular weight excluding hydrogens is 373 g/mol. The van der Waals surface area contributed by atoms with Gasteiger partial charge in [-0.3, -0.25) is 14.4 Å². The molecule has 154 valence electrons. The van der Waals surface area contributed by atoms with E-state index in [1.54, 1.807) is 19.9 Å². The lowest BCUT2D eigenvalue weighted by Crippen LogP contribution is -2.51. The van der Waals surface area contributed by atoms with Crippen molar-refractivity contribution in [2.24, 2.45) is 5.92 Å². The summed E-state index contributed by atoms with van der Waals surface area (Å²) in [5.74, 6) is -1.96. The van der Waals surface area contributed by atoms with Gasteiger partial charge < -0.3 is 16.0 Å². The quantitative estimate of drug-likeness (QED) is 0.638. The normalized spacial score (nSPS) is 11.6. The topological polar surface area (TPSA) is 87.3 Å². The number of hydrogen-bond donors (Lipinski definition) is 3. The predicted molar refractivity (Wildman–Crippen MR) is 110 cm³/mol. The first kappa shape index (κ1) is 22.1. The summed E-state index contributed by atoms with van der Waals surface area (Å²) in [6.45, 7) is 5.34. The molecule has 0 saturated heterocycles. The maximum atomic E-state index is 13.0. The van der Waals surface area contributed by atoms with Crippen molar-refractivity contribution < 1.29 is 18.8 Å². The lowest BCUT2D eigenvalue weighted by atomic mass is 10.0. The Labute approximate surface area is 169 Å². The summed E-state index contributed by atoms with van der Waals surface area (Å²) in [5, 5.41) is 7.98. The molecule has 0 aliphatic rings. The monoisotopic (exact) mass is 399 g/mol. The number of para-hydroxylation sites is 1. The molecule has 3 amide bonds. The van der Waals surface area contributed by atoms with Gasteiger partial charge >= 0.3 is 0 Å². The first-order chi connectivity index (χ1) is 13.8.